The van der Waals surface area contributed by atoms with Crippen LogP contribution in [0.4, 0.5) is 13.2 Å². The standard InChI is InChI=1S/C39H45F3N4O5/c1-24(2)33(35(48)39(40,41)42)44-37(50)34(26-17-21-30(51-4)22-18-26)45-36(49)31(43)23-32(47)46-38(27-11-7-5-8-12-27,28-13-9-6-10-14-28)29-19-15-25(3)16-20-29/h5-15,17-19,21-22,24,31,33-35,48H,16,20,23,43H2,1-4H3,(H,44,50)(H,45,49)(H,46,47)/t31-,33-,34-,35-/m0/s1. The first-order valence-corrected chi connectivity index (χ1v) is 16.7. The number of rotatable bonds is 14. The monoisotopic (exact) mass is 706 g/mol. The van der Waals surface area contributed by atoms with Crippen LogP contribution in [0.25, 0.3) is 0 Å². The first kappa shape index (κ1) is 38.9. The van der Waals surface area contributed by atoms with Gasteiger partial charge in [0.25, 0.3) is 0 Å². The fraction of sp³-hybridized carbons (Fsp3) is 0.359. The number of benzene rings is 3. The number of aliphatic hydroxyl groups excluding tert-OH is 1. The highest BCUT2D eigenvalue weighted by Gasteiger charge is 2.46. The molecular weight excluding hydrogens is 661 g/mol. The molecule has 3 amide bonds. The zero-order valence-electron chi connectivity index (χ0n) is 29.0. The summed E-state index contributed by atoms with van der Waals surface area (Å²) < 4.78 is 45.6. The summed E-state index contributed by atoms with van der Waals surface area (Å²) in [4.78, 5) is 41.1. The first-order valence-electron chi connectivity index (χ1n) is 16.7. The van der Waals surface area contributed by atoms with E-state index in [0.29, 0.717) is 12.2 Å². The van der Waals surface area contributed by atoms with E-state index in [-0.39, 0.29) is 5.56 Å². The average Bonchev–Trinajstić information content (AvgIpc) is 3.12. The lowest BCUT2D eigenvalue weighted by Crippen LogP contribution is -2.56. The van der Waals surface area contributed by atoms with Gasteiger partial charge in [-0.05, 0) is 60.1 Å². The highest BCUT2D eigenvalue weighted by molar-refractivity contribution is 5.93. The van der Waals surface area contributed by atoms with Crippen molar-refractivity contribution in [3.05, 3.63) is 125 Å². The molecule has 0 heterocycles. The molecule has 0 aliphatic heterocycles. The number of allylic oxidation sites excluding steroid dienone is 3. The Kier molecular flexibility index (Phi) is 12.8. The SMILES string of the molecule is COc1ccc([C@H](NC(=O)[C@@H](N)CC(=O)NC(C2=CC=C(C)CC2)(c2ccccc2)c2ccccc2)C(=O)N[C@@H](C(C)C)[C@H](O)C(F)(F)F)cc1. The van der Waals surface area contributed by atoms with Gasteiger partial charge in [-0.15, -0.1) is 0 Å². The number of nitrogens with two attached hydrogens (primary N) is 1. The number of hydrogen-bond acceptors (Lipinski definition) is 6. The van der Waals surface area contributed by atoms with Gasteiger partial charge in [-0.1, -0.05) is 104 Å². The van der Waals surface area contributed by atoms with Crippen LogP contribution in [-0.2, 0) is 19.9 Å². The number of ether oxygens (including phenoxy) is 1. The number of aliphatic hydroxyl groups is 1. The number of hydrogen-bond donors (Lipinski definition) is 5. The molecule has 6 N–H and O–H groups in total. The van der Waals surface area contributed by atoms with Crippen molar-refractivity contribution in [1.82, 2.24) is 16.0 Å². The lowest BCUT2D eigenvalue weighted by Gasteiger charge is -2.40. The van der Waals surface area contributed by atoms with E-state index in [4.69, 9.17) is 10.5 Å². The van der Waals surface area contributed by atoms with Gasteiger partial charge in [0.1, 0.15) is 17.3 Å². The third-order valence-electron chi connectivity index (χ3n) is 9.02. The highest BCUT2D eigenvalue weighted by Crippen LogP contribution is 2.41. The fourth-order valence-corrected chi connectivity index (χ4v) is 6.15. The summed E-state index contributed by atoms with van der Waals surface area (Å²) in [6.07, 6.45) is -2.86. The first-order chi connectivity index (χ1) is 24.2. The molecular formula is C39H45F3N4O5. The molecule has 0 unspecified atom stereocenters. The smallest absolute Gasteiger partial charge is 0.416 e. The van der Waals surface area contributed by atoms with E-state index in [1.165, 1.54) is 50.8 Å². The minimum Gasteiger partial charge on any atom is -0.497 e. The zero-order chi connectivity index (χ0) is 37.3. The predicted molar refractivity (Wildman–Crippen MR) is 188 cm³/mol. The topological polar surface area (TPSA) is 143 Å². The molecule has 1 aliphatic rings. The van der Waals surface area contributed by atoms with E-state index in [2.05, 4.69) is 16.0 Å². The van der Waals surface area contributed by atoms with E-state index in [1.807, 2.05) is 79.7 Å². The lowest BCUT2D eigenvalue weighted by molar-refractivity contribution is -0.215. The molecule has 51 heavy (non-hydrogen) atoms. The molecule has 0 aromatic heterocycles. The molecule has 4 rings (SSSR count). The molecule has 4 atom stereocenters. The molecule has 0 saturated heterocycles. The third kappa shape index (κ3) is 9.44. The van der Waals surface area contributed by atoms with Crippen LogP contribution in [0.15, 0.2) is 108 Å². The van der Waals surface area contributed by atoms with Crippen molar-refractivity contribution in [3.8, 4) is 5.75 Å². The summed E-state index contributed by atoms with van der Waals surface area (Å²) in [6.45, 7) is 4.87. The molecule has 3 aromatic rings. The highest BCUT2D eigenvalue weighted by atomic mass is 19.4. The molecule has 0 bridgehead atoms. The van der Waals surface area contributed by atoms with Crippen LogP contribution in [0.2, 0.25) is 0 Å². The number of alkyl halides is 3. The van der Waals surface area contributed by atoms with Gasteiger partial charge in [0, 0.05) is 0 Å². The fourth-order valence-electron chi connectivity index (χ4n) is 6.15. The Morgan fingerprint density at radius 1 is 0.843 bits per heavy atom. The second-order valence-corrected chi connectivity index (χ2v) is 13.0. The van der Waals surface area contributed by atoms with Gasteiger partial charge in [0.2, 0.25) is 17.7 Å². The molecule has 0 radical (unpaired) electrons. The lowest BCUT2D eigenvalue weighted by atomic mass is 9.73. The largest absolute Gasteiger partial charge is 0.497 e. The minimum absolute atomic E-state index is 0.210. The molecule has 3 aromatic carbocycles. The number of carbonyl (C=O) groups is 3. The summed E-state index contributed by atoms with van der Waals surface area (Å²) in [5.74, 6) is -2.83. The number of halogens is 3. The quantitative estimate of drug-likeness (QED) is 0.153. The Morgan fingerprint density at radius 2 is 1.41 bits per heavy atom. The van der Waals surface area contributed by atoms with E-state index >= 15 is 0 Å². The van der Waals surface area contributed by atoms with E-state index < -0.39 is 66.0 Å². The van der Waals surface area contributed by atoms with Crippen LogP contribution in [0.3, 0.4) is 0 Å². The summed E-state index contributed by atoms with van der Waals surface area (Å²) in [7, 11) is 1.43. The van der Waals surface area contributed by atoms with Crippen molar-refractivity contribution >= 4 is 17.7 Å². The van der Waals surface area contributed by atoms with Gasteiger partial charge in [-0.3, -0.25) is 14.4 Å². The van der Waals surface area contributed by atoms with Gasteiger partial charge in [0.15, 0.2) is 6.10 Å². The number of methoxy groups -OCH3 is 1. The number of carbonyl (C=O) groups excluding carboxylic acids is 3. The van der Waals surface area contributed by atoms with E-state index in [0.717, 1.165) is 23.1 Å². The van der Waals surface area contributed by atoms with Crippen molar-refractivity contribution in [3.63, 3.8) is 0 Å². The van der Waals surface area contributed by atoms with Gasteiger partial charge in [-0.2, -0.15) is 13.2 Å². The molecule has 0 saturated carbocycles. The maximum absolute atomic E-state index is 13.9. The van der Waals surface area contributed by atoms with Crippen molar-refractivity contribution in [2.75, 3.05) is 7.11 Å². The Hall–Kier alpha value is -4.94. The molecule has 12 heteroatoms. The van der Waals surface area contributed by atoms with Crippen molar-refractivity contribution in [1.29, 1.82) is 0 Å². The zero-order valence-corrected chi connectivity index (χ0v) is 29.0. The van der Waals surface area contributed by atoms with Crippen LogP contribution in [0, 0.1) is 5.92 Å². The minimum atomic E-state index is -5.01. The molecule has 272 valence electrons. The molecule has 1 aliphatic carbocycles. The summed E-state index contributed by atoms with van der Waals surface area (Å²) in [6, 6.07) is 20.2. The second-order valence-electron chi connectivity index (χ2n) is 13.0. The van der Waals surface area contributed by atoms with Gasteiger partial charge >= 0.3 is 6.18 Å². The molecule has 0 spiro atoms. The Bertz CT molecular complexity index is 1670. The van der Waals surface area contributed by atoms with E-state index in [1.54, 1.807) is 0 Å². The maximum Gasteiger partial charge on any atom is 0.416 e. The molecule has 9 nitrogen and oxygen atoms in total. The average molecular weight is 707 g/mol. The Labute approximate surface area is 296 Å². The van der Waals surface area contributed by atoms with Crippen molar-refractivity contribution in [2.45, 2.75) is 76.0 Å². The van der Waals surface area contributed by atoms with Crippen molar-refractivity contribution in [2.24, 2.45) is 11.7 Å². The second kappa shape index (κ2) is 16.8. The van der Waals surface area contributed by atoms with Gasteiger partial charge in [-0.25, -0.2) is 0 Å². The Balaban J connectivity index is 1.62. The van der Waals surface area contributed by atoms with Gasteiger partial charge < -0.3 is 31.5 Å². The summed E-state index contributed by atoms with van der Waals surface area (Å²) >= 11 is 0. The Morgan fingerprint density at radius 3 is 1.88 bits per heavy atom. The van der Waals surface area contributed by atoms with Crippen LogP contribution in [-0.4, -0.2) is 54.3 Å². The maximum atomic E-state index is 13.9. The van der Waals surface area contributed by atoms with E-state index in [9.17, 15) is 32.7 Å². The summed E-state index contributed by atoms with van der Waals surface area (Å²) in [5.41, 5.74) is 9.16. The number of nitrogens with one attached hydrogen (secondary N) is 3. The van der Waals surface area contributed by atoms with Crippen LogP contribution in [0.1, 0.15) is 62.8 Å². The summed E-state index contributed by atoms with van der Waals surface area (Å²) in [5, 5.41) is 18.0. The normalized spacial score (nSPS) is 15.8. The number of amides is 3. The van der Waals surface area contributed by atoms with Gasteiger partial charge in [0.05, 0.1) is 25.6 Å². The third-order valence-corrected chi connectivity index (χ3v) is 9.02. The van der Waals surface area contributed by atoms with Crippen LogP contribution >= 0.6 is 0 Å². The molecule has 0 fully saturated rings. The predicted octanol–water partition coefficient (Wildman–Crippen LogP) is 5.36. The van der Waals surface area contributed by atoms with Crippen LogP contribution in [0.5, 0.6) is 5.75 Å². The van der Waals surface area contributed by atoms with Crippen molar-refractivity contribution < 1.29 is 37.4 Å². The van der Waals surface area contributed by atoms with Crippen LogP contribution < -0.4 is 26.4 Å².